The summed E-state index contributed by atoms with van der Waals surface area (Å²) in [6.07, 6.45) is -1.65. The Morgan fingerprint density at radius 3 is 2.37 bits per heavy atom. The first-order chi connectivity index (χ1) is 8.86. The van der Waals surface area contributed by atoms with Crippen molar-refractivity contribution in [1.82, 2.24) is 0 Å². The Bertz CT molecular complexity index is 448. The Morgan fingerprint density at radius 1 is 1.32 bits per heavy atom. The fraction of sp³-hybridized carbons (Fsp3) is 0.385. The van der Waals surface area contributed by atoms with E-state index >= 15 is 0 Å². The summed E-state index contributed by atoms with van der Waals surface area (Å²) in [6.45, 7) is 3.61. The number of aliphatic carboxylic acids is 1. The quantitative estimate of drug-likeness (QED) is 0.781. The highest BCUT2D eigenvalue weighted by Crippen LogP contribution is 2.30. The van der Waals surface area contributed by atoms with E-state index < -0.39 is 16.9 Å². The number of carboxylic acid groups (broad SMARTS) is 1. The summed E-state index contributed by atoms with van der Waals surface area (Å²) in [5.74, 6) is -1.06. The van der Waals surface area contributed by atoms with Crippen LogP contribution in [0.1, 0.15) is 35.9 Å². The molecule has 0 aromatic heterocycles. The molecule has 1 aromatic rings. The number of aliphatic hydroxyl groups excluding tert-OH is 1. The molecule has 0 saturated carbocycles. The second-order valence-corrected chi connectivity index (χ2v) is 4.90. The van der Waals surface area contributed by atoms with Gasteiger partial charge in [0.2, 0.25) is 0 Å². The lowest BCUT2D eigenvalue weighted by Gasteiger charge is -2.14. The van der Waals surface area contributed by atoms with Crippen LogP contribution in [0.4, 0.5) is 0 Å². The number of carbonyl (C=O) groups is 2. The van der Waals surface area contributed by atoms with Crippen molar-refractivity contribution < 1.29 is 24.5 Å². The fourth-order valence-electron chi connectivity index (χ4n) is 1.58. The number of ketones is 1. The van der Waals surface area contributed by atoms with E-state index in [-0.39, 0.29) is 11.3 Å². The van der Waals surface area contributed by atoms with Crippen molar-refractivity contribution >= 4 is 27.7 Å². The van der Waals surface area contributed by atoms with Gasteiger partial charge in [-0.2, -0.15) is 0 Å². The maximum Gasteiger partial charge on any atom is 0.337 e. The minimum Gasteiger partial charge on any atom is -0.494 e. The lowest BCUT2D eigenvalue weighted by molar-refractivity contribution is -0.146. The van der Waals surface area contributed by atoms with Crippen LogP contribution in [0.5, 0.6) is 5.75 Å². The van der Waals surface area contributed by atoms with Crippen LogP contribution in [0.15, 0.2) is 18.2 Å². The standard InChI is InChI=1S/C13H15BrO5/c1-3-19-10-5-8(11(14)7(2)15)4-9(6-10)12(16)13(17)18/h4-6,11-12,16H,3H2,1-2H3,(H,17,18). The van der Waals surface area contributed by atoms with Crippen LogP contribution >= 0.6 is 15.9 Å². The summed E-state index contributed by atoms with van der Waals surface area (Å²) in [5.41, 5.74) is 0.730. The lowest BCUT2D eigenvalue weighted by atomic mass is 10.0. The molecule has 0 radical (unpaired) electrons. The van der Waals surface area contributed by atoms with Gasteiger partial charge in [0, 0.05) is 0 Å². The zero-order valence-corrected chi connectivity index (χ0v) is 12.2. The molecule has 0 aliphatic rings. The summed E-state index contributed by atoms with van der Waals surface area (Å²) < 4.78 is 5.31. The van der Waals surface area contributed by atoms with Gasteiger partial charge in [0.05, 0.1) is 11.4 Å². The molecule has 0 aliphatic heterocycles. The molecule has 0 heterocycles. The van der Waals surface area contributed by atoms with Crippen LogP contribution in [0, 0.1) is 0 Å². The van der Waals surface area contributed by atoms with Gasteiger partial charge in [-0.3, -0.25) is 4.79 Å². The van der Waals surface area contributed by atoms with Crippen molar-refractivity contribution in [1.29, 1.82) is 0 Å². The van der Waals surface area contributed by atoms with Gasteiger partial charge in [-0.25, -0.2) is 4.79 Å². The molecule has 0 aliphatic carbocycles. The van der Waals surface area contributed by atoms with E-state index in [0.717, 1.165) is 0 Å². The SMILES string of the molecule is CCOc1cc(C(O)C(=O)O)cc(C(Br)C(C)=O)c1. The first kappa shape index (κ1) is 15.7. The minimum absolute atomic E-state index is 0.121. The predicted octanol–water partition coefficient (Wildman–Crippen LogP) is 2.23. The third-order valence-electron chi connectivity index (χ3n) is 2.46. The first-order valence-corrected chi connectivity index (χ1v) is 6.61. The molecule has 6 heteroatoms. The molecule has 1 aromatic carbocycles. The summed E-state index contributed by atoms with van der Waals surface area (Å²) in [4.78, 5) is 21.6. The Hall–Kier alpha value is -1.40. The van der Waals surface area contributed by atoms with Crippen molar-refractivity contribution in [3.05, 3.63) is 29.3 Å². The van der Waals surface area contributed by atoms with E-state index in [0.29, 0.717) is 17.9 Å². The van der Waals surface area contributed by atoms with E-state index in [1.165, 1.54) is 19.1 Å². The normalized spacial score (nSPS) is 13.7. The van der Waals surface area contributed by atoms with Gasteiger partial charge in [0.25, 0.3) is 0 Å². The first-order valence-electron chi connectivity index (χ1n) is 5.69. The highest BCUT2D eigenvalue weighted by molar-refractivity contribution is 9.09. The number of rotatable bonds is 6. The van der Waals surface area contributed by atoms with Gasteiger partial charge >= 0.3 is 5.97 Å². The molecule has 104 valence electrons. The predicted molar refractivity (Wildman–Crippen MR) is 72.6 cm³/mol. The maximum absolute atomic E-state index is 11.4. The molecule has 2 atom stereocenters. The van der Waals surface area contributed by atoms with Gasteiger partial charge < -0.3 is 14.9 Å². The fourth-order valence-corrected chi connectivity index (χ4v) is 1.84. The molecule has 0 bridgehead atoms. The number of alkyl halides is 1. The second kappa shape index (κ2) is 6.68. The molecular weight excluding hydrogens is 316 g/mol. The Morgan fingerprint density at radius 2 is 1.89 bits per heavy atom. The van der Waals surface area contributed by atoms with Crippen molar-refractivity contribution in [3.63, 3.8) is 0 Å². The van der Waals surface area contributed by atoms with Gasteiger partial charge in [0.1, 0.15) is 11.5 Å². The Labute approximate surface area is 119 Å². The molecule has 0 spiro atoms. The number of benzene rings is 1. The number of halogens is 1. The van der Waals surface area contributed by atoms with E-state index in [2.05, 4.69) is 15.9 Å². The highest BCUT2D eigenvalue weighted by atomic mass is 79.9. The molecular formula is C13H15BrO5. The number of Topliss-reactive ketones (excluding diaryl/α,β-unsaturated/α-hetero) is 1. The second-order valence-electron chi connectivity index (χ2n) is 3.98. The molecule has 5 nitrogen and oxygen atoms in total. The molecule has 0 amide bonds. The van der Waals surface area contributed by atoms with Crippen molar-refractivity contribution in [3.8, 4) is 5.75 Å². The summed E-state index contributed by atoms with van der Waals surface area (Å²) >= 11 is 3.22. The van der Waals surface area contributed by atoms with Crippen LogP contribution in [0.3, 0.4) is 0 Å². The molecule has 2 N–H and O–H groups in total. The monoisotopic (exact) mass is 330 g/mol. The third kappa shape index (κ3) is 4.04. The van der Waals surface area contributed by atoms with Crippen molar-refractivity contribution in [2.45, 2.75) is 24.8 Å². The Kier molecular flexibility index (Phi) is 5.50. The third-order valence-corrected chi connectivity index (χ3v) is 3.63. The average molecular weight is 331 g/mol. The number of carboxylic acids is 1. The molecule has 1 rings (SSSR count). The van der Waals surface area contributed by atoms with Crippen LogP contribution in [-0.2, 0) is 9.59 Å². The van der Waals surface area contributed by atoms with E-state index in [4.69, 9.17) is 9.84 Å². The summed E-state index contributed by atoms with van der Waals surface area (Å²) in [7, 11) is 0. The summed E-state index contributed by atoms with van der Waals surface area (Å²) in [5, 5.41) is 18.4. The molecule has 0 saturated heterocycles. The van der Waals surface area contributed by atoms with Gasteiger partial charge in [-0.15, -0.1) is 0 Å². The van der Waals surface area contributed by atoms with E-state index in [1.54, 1.807) is 13.0 Å². The molecule has 2 unspecified atom stereocenters. The lowest BCUT2D eigenvalue weighted by Crippen LogP contribution is -2.12. The number of aliphatic hydroxyl groups is 1. The van der Waals surface area contributed by atoms with E-state index in [1.807, 2.05) is 0 Å². The highest BCUT2D eigenvalue weighted by Gasteiger charge is 2.21. The van der Waals surface area contributed by atoms with Crippen molar-refractivity contribution in [2.75, 3.05) is 6.61 Å². The Balaban J connectivity index is 3.24. The largest absolute Gasteiger partial charge is 0.494 e. The number of hydrogen-bond donors (Lipinski definition) is 2. The topological polar surface area (TPSA) is 83.8 Å². The van der Waals surface area contributed by atoms with Gasteiger partial charge in [-0.05, 0) is 37.1 Å². The minimum atomic E-state index is -1.65. The van der Waals surface area contributed by atoms with Crippen LogP contribution in [0.2, 0.25) is 0 Å². The number of ether oxygens (including phenoxy) is 1. The van der Waals surface area contributed by atoms with E-state index in [9.17, 15) is 14.7 Å². The van der Waals surface area contributed by atoms with Crippen LogP contribution in [0.25, 0.3) is 0 Å². The van der Waals surface area contributed by atoms with Crippen LogP contribution in [-0.4, -0.2) is 28.6 Å². The number of hydrogen-bond acceptors (Lipinski definition) is 4. The van der Waals surface area contributed by atoms with Crippen molar-refractivity contribution in [2.24, 2.45) is 0 Å². The maximum atomic E-state index is 11.4. The molecule has 0 fully saturated rings. The zero-order valence-electron chi connectivity index (χ0n) is 10.6. The van der Waals surface area contributed by atoms with Gasteiger partial charge in [-0.1, -0.05) is 22.0 Å². The van der Waals surface area contributed by atoms with Crippen LogP contribution < -0.4 is 4.74 Å². The zero-order chi connectivity index (χ0) is 14.6. The molecule has 19 heavy (non-hydrogen) atoms. The smallest absolute Gasteiger partial charge is 0.337 e. The number of carbonyl (C=O) groups excluding carboxylic acids is 1. The summed E-state index contributed by atoms with van der Waals surface area (Å²) in [6, 6.07) is 4.57. The average Bonchev–Trinajstić information content (AvgIpc) is 2.36. The van der Waals surface area contributed by atoms with Gasteiger partial charge in [0.15, 0.2) is 6.10 Å².